The zero-order valence-electron chi connectivity index (χ0n) is 19.5. The van der Waals surface area contributed by atoms with Crippen molar-refractivity contribution in [2.24, 2.45) is 0 Å². The summed E-state index contributed by atoms with van der Waals surface area (Å²) in [6, 6.07) is 11.9. The maximum Gasteiger partial charge on any atom is 0.159 e. The van der Waals surface area contributed by atoms with Crippen LogP contribution in [0, 0.1) is 0 Å². The molecule has 0 radical (unpaired) electrons. The van der Waals surface area contributed by atoms with E-state index in [1.807, 2.05) is 42.9 Å². The largest absolute Gasteiger partial charge is 0.336 e. The molecular formula is C27H23N9. The molecule has 9 heteroatoms. The standard InChI is InChI=1S/C27H23N9/c1-2-7-29-20(5-1)25-26-21(6-8-30-25)32-27(33-26)24-19-12-22(31-15-23(19)34-35-24)18-11-17(13-28-14-18)16-36-9-3-4-10-36/h1-2,5-8,11-15H,3-4,9-10,16H2,(H,32,33)(H,34,35). The normalized spacial score (nSPS) is 14.2. The lowest BCUT2D eigenvalue weighted by atomic mass is 10.1. The maximum atomic E-state index is 4.88. The smallest absolute Gasteiger partial charge is 0.159 e. The predicted molar refractivity (Wildman–Crippen MR) is 138 cm³/mol. The molecule has 0 saturated carbocycles. The van der Waals surface area contributed by atoms with Gasteiger partial charge in [0.05, 0.1) is 28.6 Å². The van der Waals surface area contributed by atoms with Gasteiger partial charge in [0.1, 0.15) is 16.9 Å². The molecule has 6 aromatic heterocycles. The zero-order chi connectivity index (χ0) is 23.9. The molecule has 0 aromatic carbocycles. The predicted octanol–water partition coefficient (Wildman–Crippen LogP) is 4.62. The Hall–Kier alpha value is -4.50. The van der Waals surface area contributed by atoms with E-state index >= 15 is 0 Å². The lowest BCUT2D eigenvalue weighted by molar-refractivity contribution is 0.331. The maximum absolute atomic E-state index is 4.88. The Morgan fingerprint density at radius 2 is 1.78 bits per heavy atom. The average molecular weight is 474 g/mol. The number of hydrogen-bond acceptors (Lipinski definition) is 7. The molecular weight excluding hydrogens is 450 g/mol. The number of rotatable bonds is 5. The Morgan fingerprint density at radius 3 is 2.67 bits per heavy atom. The molecule has 0 aliphatic carbocycles. The average Bonchev–Trinajstić information content (AvgIpc) is 3.68. The third-order valence-corrected chi connectivity index (χ3v) is 6.68. The molecule has 6 aromatic rings. The Balaban J connectivity index is 1.28. The van der Waals surface area contributed by atoms with Crippen molar-refractivity contribution in [2.45, 2.75) is 19.4 Å². The van der Waals surface area contributed by atoms with Crippen molar-refractivity contribution in [2.75, 3.05) is 13.1 Å². The van der Waals surface area contributed by atoms with Gasteiger partial charge in [0.2, 0.25) is 0 Å². The molecule has 1 saturated heterocycles. The molecule has 0 unspecified atom stereocenters. The number of nitrogens with one attached hydrogen (secondary N) is 2. The number of H-pyrrole nitrogens is 2. The van der Waals surface area contributed by atoms with Crippen LogP contribution < -0.4 is 0 Å². The fourth-order valence-electron chi connectivity index (χ4n) is 4.91. The minimum Gasteiger partial charge on any atom is -0.336 e. The third-order valence-electron chi connectivity index (χ3n) is 6.68. The van der Waals surface area contributed by atoms with Gasteiger partial charge in [-0.3, -0.25) is 29.9 Å². The molecule has 1 aliphatic rings. The second-order valence-electron chi connectivity index (χ2n) is 9.11. The quantitative estimate of drug-likeness (QED) is 0.376. The number of nitrogens with zero attached hydrogens (tertiary/aromatic N) is 7. The van der Waals surface area contributed by atoms with Gasteiger partial charge in [-0.25, -0.2) is 4.98 Å². The molecule has 176 valence electrons. The number of imidazole rings is 1. The van der Waals surface area contributed by atoms with E-state index in [2.05, 4.69) is 52.1 Å². The Kier molecular flexibility index (Phi) is 4.99. The van der Waals surface area contributed by atoms with Crippen molar-refractivity contribution < 1.29 is 0 Å². The summed E-state index contributed by atoms with van der Waals surface area (Å²) in [5.41, 5.74) is 7.78. The van der Waals surface area contributed by atoms with Crippen molar-refractivity contribution in [1.82, 2.24) is 45.0 Å². The third kappa shape index (κ3) is 3.70. The van der Waals surface area contributed by atoms with Gasteiger partial charge in [-0.15, -0.1) is 0 Å². The summed E-state index contributed by atoms with van der Waals surface area (Å²) in [5.74, 6) is 0.666. The summed E-state index contributed by atoms with van der Waals surface area (Å²) in [6.07, 6.45) is 11.7. The van der Waals surface area contributed by atoms with Gasteiger partial charge < -0.3 is 4.98 Å². The van der Waals surface area contributed by atoms with Crippen LogP contribution in [0.2, 0.25) is 0 Å². The molecule has 0 amide bonds. The fourth-order valence-corrected chi connectivity index (χ4v) is 4.91. The first-order valence-corrected chi connectivity index (χ1v) is 12.1. The van der Waals surface area contributed by atoms with Crippen LogP contribution in [0.1, 0.15) is 18.4 Å². The van der Waals surface area contributed by atoms with Crippen LogP contribution in [0.3, 0.4) is 0 Å². The van der Waals surface area contributed by atoms with Gasteiger partial charge in [-0.05, 0) is 61.8 Å². The molecule has 0 atom stereocenters. The highest BCUT2D eigenvalue weighted by atomic mass is 15.1. The van der Waals surface area contributed by atoms with E-state index in [4.69, 9.17) is 4.98 Å². The second kappa shape index (κ2) is 8.62. The highest BCUT2D eigenvalue weighted by Gasteiger charge is 2.18. The first-order chi connectivity index (χ1) is 17.8. The Bertz CT molecular complexity index is 1680. The summed E-state index contributed by atoms with van der Waals surface area (Å²) in [5, 5.41) is 8.60. The number of pyridine rings is 4. The van der Waals surface area contributed by atoms with E-state index in [0.717, 1.165) is 69.9 Å². The molecule has 36 heavy (non-hydrogen) atoms. The molecule has 1 aliphatic heterocycles. The van der Waals surface area contributed by atoms with Crippen LogP contribution in [0.15, 0.2) is 67.4 Å². The summed E-state index contributed by atoms with van der Waals surface area (Å²) in [7, 11) is 0. The summed E-state index contributed by atoms with van der Waals surface area (Å²) in [6.45, 7) is 3.23. The SMILES string of the molecule is c1ccc(-c2nccc3[nH]c(-c4n[nH]c5cnc(-c6cncc(CN7CCCC7)c6)cc45)nc23)nc1. The van der Waals surface area contributed by atoms with Crippen LogP contribution in [-0.4, -0.2) is 58.1 Å². The molecule has 2 N–H and O–H groups in total. The second-order valence-corrected chi connectivity index (χ2v) is 9.11. The van der Waals surface area contributed by atoms with Gasteiger partial charge in [-0.2, -0.15) is 5.10 Å². The fraction of sp³-hybridized carbons (Fsp3) is 0.185. The van der Waals surface area contributed by atoms with E-state index in [0.29, 0.717) is 5.82 Å². The van der Waals surface area contributed by atoms with Crippen molar-refractivity contribution in [3.63, 3.8) is 0 Å². The summed E-state index contributed by atoms with van der Waals surface area (Å²) < 4.78 is 0. The van der Waals surface area contributed by atoms with E-state index in [1.54, 1.807) is 12.4 Å². The summed E-state index contributed by atoms with van der Waals surface area (Å²) in [4.78, 5) is 28.9. The number of hydrogen-bond donors (Lipinski definition) is 2. The van der Waals surface area contributed by atoms with Crippen LogP contribution in [0.25, 0.3) is 56.1 Å². The Morgan fingerprint density at radius 1 is 0.833 bits per heavy atom. The van der Waals surface area contributed by atoms with E-state index in [1.165, 1.54) is 18.4 Å². The van der Waals surface area contributed by atoms with Crippen LogP contribution >= 0.6 is 0 Å². The van der Waals surface area contributed by atoms with Gasteiger partial charge in [0.25, 0.3) is 0 Å². The minimum absolute atomic E-state index is 0.666. The Labute approximate surface area is 206 Å². The molecule has 0 bridgehead atoms. The first-order valence-electron chi connectivity index (χ1n) is 12.1. The first kappa shape index (κ1) is 20.8. The van der Waals surface area contributed by atoms with Crippen LogP contribution in [-0.2, 0) is 6.54 Å². The van der Waals surface area contributed by atoms with E-state index in [9.17, 15) is 0 Å². The van der Waals surface area contributed by atoms with E-state index < -0.39 is 0 Å². The summed E-state index contributed by atoms with van der Waals surface area (Å²) >= 11 is 0. The van der Waals surface area contributed by atoms with E-state index in [-0.39, 0.29) is 0 Å². The van der Waals surface area contributed by atoms with Gasteiger partial charge in [0.15, 0.2) is 5.82 Å². The number of fused-ring (bicyclic) bond motifs is 2. The number of likely N-dealkylation sites (tertiary alicyclic amines) is 1. The number of aromatic amines is 2. The van der Waals surface area contributed by atoms with Gasteiger partial charge in [0, 0.05) is 42.3 Å². The van der Waals surface area contributed by atoms with Crippen molar-refractivity contribution in [1.29, 1.82) is 0 Å². The topological polar surface area (TPSA) is 112 Å². The van der Waals surface area contributed by atoms with Gasteiger partial charge >= 0.3 is 0 Å². The monoisotopic (exact) mass is 473 g/mol. The van der Waals surface area contributed by atoms with Gasteiger partial charge in [-0.1, -0.05) is 6.07 Å². The lowest BCUT2D eigenvalue weighted by Crippen LogP contribution is -2.18. The molecule has 7 rings (SSSR count). The van der Waals surface area contributed by atoms with Crippen LogP contribution in [0.4, 0.5) is 0 Å². The van der Waals surface area contributed by atoms with Crippen molar-refractivity contribution in [3.05, 3.63) is 72.9 Å². The molecule has 7 heterocycles. The highest BCUT2D eigenvalue weighted by molar-refractivity contribution is 5.96. The molecule has 9 nitrogen and oxygen atoms in total. The lowest BCUT2D eigenvalue weighted by Gasteiger charge is -2.14. The van der Waals surface area contributed by atoms with Crippen LogP contribution in [0.5, 0.6) is 0 Å². The van der Waals surface area contributed by atoms with Crippen molar-refractivity contribution in [3.8, 4) is 34.2 Å². The molecule has 0 spiro atoms. The number of aromatic nitrogens is 8. The highest BCUT2D eigenvalue weighted by Crippen LogP contribution is 2.31. The van der Waals surface area contributed by atoms with Crippen molar-refractivity contribution >= 4 is 21.9 Å². The zero-order valence-corrected chi connectivity index (χ0v) is 19.5. The minimum atomic E-state index is 0.666. The molecule has 1 fully saturated rings.